The number of hydrogen-bond donors (Lipinski definition) is 1. The van der Waals surface area contributed by atoms with E-state index in [-0.39, 0.29) is 5.92 Å². The van der Waals surface area contributed by atoms with Crippen LogP contribution in [-0.2, 0) is 4.79 Å². The van der Waals surface area contributed by atoms with Gasteiger partial charge in [0.15, 0.2) is 0 Å². The second kappa shape index (κ2) is 4.07. The summed E-state index contributed by atoms with van der Waals surface area (Å²) in [5.74, 6) is -0.568. The fourth-order valence-electron chi connectivity index (χ4n) is 2.39. The first kappa shape index (κ1) is 10.7. The molecule has 2 aromatic rings. The van der Waals surface area contributed by atoms with E-state index in [0.717, 1.165) is 34.6 Å². The molecule has 88 valence electrons. The molecule has 2 heterocycles. The van der Waals surface area contributed by atoms with Crippen molar-refractivity contribution in [3.8, 4) is 0 Å². The SMILES string of the molecule is O=C(O)C1CCC(c2nc3cccnc3s2)C1. The van der Waals surface area contributed by atoms with Gasteiger partial charge < -0.3 is 5.11 Å². The van der Waals surface area contributed by atoms with Crippen molar-refractivity contribution in [2.45, 2.75) is 25.2 Å². The van der Waals surface area contributed by atoms with Crippen LogP contribution in [-0.4, -0.2) is 21.0 Å². The average molecular weight is 248 g/mol. The van der Waals surface area contributed by atoms with Gasteiger partial charge in [0.25, 0.3) is 0 Å². The maximum absolute atomic E-state index is 10.9. The molecule has 1 saturated carbocycles. The van der Waals surface area contributed by atoms with E-state index in [1.165, 1.54) is 0 Å². The number of carboxylic acids is 1. The number of nitrogens with zero attached hydrogens (tertiary/aromatic N) is 2. The first-order valence-corrected chi connectivity index (χ1v) is 6.50. The van der Waals surface area contributed by atoms with Crippen LogP contribution in [0.5, 0.6) is 0 Å². The summed E-state index contributed by atoms with van der Waals surface area (Å²) in [5.41, 5.74) is 0.922. The Hall–Kier alpha value is -1.49. The molecule has 0 radical (unpaired) electrons. The third-order valence-corrected chi connectivity index (χ3v) is 4.46. The predicted molar refractivity (Wildman–Crippen MR) is 65.1 cm³/mol. The maximum atomic E-state index is 10.9. The fraction of sp³-hybridized carbons (Fsp3) is 0.417. The van der Waals surface area contributed by atoms with Crippen LogP contribution in [0.25, 0.3) is 10.3 Å². The Bertz CT molecular complexity index is 533. The monoisotopic (exact) mass is 248 g/mol. The van der Waals surface area contributed by atoms with E-state index in [2.05, 4.69) is 9.97 Å². The van der Waals surface area contributed by atoms with E-state index >= 15 is 0 Å². The van der Waals surface area contributed by atoms with Gasteiger partial charge in [-0.3, -0.25) is 4.79 Å². The number of rotatable bonds is 2. The highest BCUT2D eigenvalue weighted by Gasteiger charge is 2.32. The maximum Gasteiger partial charge on any atom is 0.306 e. The molecule has 2 atom stereocenters. The Morgan fingerprint density at radius 1 is 1.47 bits per heavy atom. The van der Waals surface area contributed by atoms with Crippen LogP contribution < -0.4 is 0 Å². The van der Waals surface area contributed by atoms with E-state index in [1.54, 1.807) is 17.5 Å². The van der Waals surface area contributed by atoms with Crippen LogP contribution in [0.4, 0.5) is 0 Å². The van der Waals surface area contributed by atoms with Gasteiger partial charge in [-0.2, -0.15) is 0 Å². The Morgan fingerprint density at radius 2 is 2.35 bits per heavy atom. The molecule has 1 aliphatic rings. The molecular formula is C12H12N2O2S. The van der Waals surface area contributed by atoms with Crippen molar-refractivity contribution in [2.24, 2.45) is 5.92 Å². The quantitative estimate of drug-likeness (QED) is 0.887. The molecule has 4 nitrogen and oxygen atoms in total. The lowest BCUT2D eigenvalue weighted by atomic mass is 10.1. The number of aliphatic carboxylic acids is 1. The van der Waals surface area contributed by atoms with Crippen LogP contribution in [0.1, 0.15) is 30.2 Å². The molecule has 0 saturated heterocycles. The van der Waals surface area contributed by atoms with Crippen molar-refractivity contribution < 1.29 is 9.90 Å². The van der Waals surface area contributed by atoms with Gasteiger partial charge in [0.2, 0.25) is 0 Å². The van der Waals surface area contributed by atoms with Gasteiger partial charge in [-0.25, -0.2) is 9.97 Å². The number of carboxylic acid groups (broad SMARTS) is 1. The summed E-state index contributed by atoms with van der Waals surface area (Å²) in [5, 5.41) is 10.0. The average Bonchev–Trinajstić information content (AvgIpc) is 2.95. The van der Waals surface area contributed by atoms with Gasteiger partial charge in [-0.1, -0.05) is 11.3 Å². The summed E-state index contributed by atoms with van der Waals surface area (Å²) in [6.45, 7) is 0. The minimum absolute atomic E-state index is 0.194. The fourth-order valence-corrected chi connectivity index (χ4v) is 3.45. The standard InChI is InChI=1S/C12H12N2O2S/c15-12(16)8-4-3-7(6-8)10-14-9-2-1-5-13-11(9)17-10/h1-2,5,7-8H,3-4,6H2,(H,15,16). The Kier molecular flexibility index (Phi) is 2.55. The molecule has 5 heteroatoms. The minimum Gasteiger partial charge on any atom is -0.481 e. The highest BCUT2D eigenvalue weighted by molar-refractivity contribution is 7.18. The largest absolute Gasteiger partial charge is 0.481 e. The molecule has 2 aromatic heterocycles. The summed E-state index contributed by atoms with van der Waals surface area (Å²) in [7, 11) is 0. The van der Waals surface area contributed by atoms with Crippen molar-refractivity contribution in [1.29, 1.82) is 0 Å². The van der Waals surface area contributed by atoms with Gasteiger partial charge in [0.05, 0.1) is 10.9 Å². The Balaban J connectivity index is 1.87. The first-order valence-electron chi connectivity index (χ1n) is 5.68. The van der Waals surface area contributed by atoms with Crippen molar-refractivity contribution in [3.63, 3.8) is 0 Å². The summed E-state index contributed by atoms with van der Waals surface area (Å²) >= 11 is 1.59. The smallest absolute Gasteiger partial charge is 0.306 e. The second-order valence-electron chi connectivity index (χ2n) is 4.42. The summed E-state index contributed by atoms with van der Waals surface area (Å²) in [6.07, 6.45) is 4.17. The van der Waals surface area contributed by atoms with Gasteiger partial charge in [0, 0.05) is 12.1 Å². The third kappa shape index (κ3) is 1.91. The van der Waals surface area contributed by atoms with Crippen molar-refractivity contribution in [1.82, 2.24) is 9.97 Å². The van der Waals surface area contributed by atoms with E-state index in [1.807, 2.05) is 12.1 Å². The summed E-state index contributed by atoms with van der Waals surface area (Å²) in [4.78, 5) is 20.7. The molecule has 1 N–H and O–H groups in total. The molecule has 2 unspecified atom stereocenters. The van der Waals surface area contributed by atoms with Crippen molar-refractivity contribution in [2.75, 3.05) is 0 Å². The zero-order valence-corrected chi connectivity index (χ0v) is 9.98. The highest BCUT2D eigenvalue weighted by Crippen LogP contribution is 2.40. The third-order valence-electron chi connectivity index (χ3n) is 3.31. The number of pyridine rings is 1. The molecule has 3 rings (SSSR count). The van der Waals surface area contributed by atoms with Gasteiger partial charge in [0.1, 0.15) is 10.3 Å². The number of thiazole rings is 1. The van der Waals surface area contributed by atoms with Gasteiger partial charge in [-0.05, 0) is 31.4 Å². The van der Waals surface area contributed by atoms with E-state index < -0.39 is 5.97 Å². The van der Waals surface area contributed by atoms with Crippen LogP contribution in [0, 0.1) is 5.92 Å². The number of aromatic nitrogens is 2. The first-order chi connectivity index (χ1) is 8.24. The van der Waals surface area contributed by atoms with Crippen molar-refractivity contribution in [3.05, 3.63) is 23.3 Å². The highest BCUT2D eigenvalue weighted by atomic mass is 32.1. The van der Waals surface area contributed by atoms with Crippen LogP contribution >= 0.6 is 11.3 Å². The molecule has 0 amide bonds. The van der Waals surface area contributed by atoms with E-state index in [0.29, 0.717) is 5.92 Å². The molecule has 0 spiro atoms. The predicted octanol–water partition coefficient (Wildman–Crippen LogP) is 2.66. The molecular weight excluding hydrogens is 236 g/mol. The second-order valence-corrected chi connectivity index (χ2v) is 5.43. The zero-order valence-electron chi connectivity index (χ0n) is 9.17. The van der Waals surface area contributed by atoms with E-state index in [4.69, 9.17) is 5.11 Å². The molecule has 1 aliphatic carbocycles. The summed E-state index contributed by atoms with van der Waals surface area (Å²) in [6, 6.07) is 3.83. The topological polar surface area (TPSA) is 63.1 Å². The zero-order chi connectivity index (χ0) is 11.8. The van der Waals surface area contributed by atoms with Crippen LogP contribution in [0.15, 0.2) is 18.3 Å². The van der Waals surface area contributed by atoms with Crippen LogP contribution in [0.3, 0.4) is 0 Å². The normalized spacial score (nSPS) is 24.2. The lowest BCUT2D eigenvalue weighted by Gasteiger charge is -2.04. The number of fused-ring (bicyclic) bond motifs is 1. The summed E-state index contributed by atoms with van der Waals surface area (Å²) < 4.78 is 0. The number of hydrogen-bond acceptors (Lipinski definition) is 4. The molecule has 17 heavy (non-hydrogen) atoms. The van der Waals surface area contributed by atoms with E-state index in [9.17, 15) is 4.79 Å². The van der Waals surface area contributed by atoms with Gasteiger partial charge >= 0.3 is 5.97 Å². The van der Waals surface area contributed by atoms with Gasteiger partial charge in [-0.15, -0.1) is 0 Å². The minimum atomic E-state index is -0.674. The molecule has 1 fully saturated rings. The molecule has 0 bridgehead atoms. The van der Waals surface area contributed by atoms with Crippen LogP contribution in [0.2, 0.25) is 0 Å². The lowest BCUT2D eigenvalue weighted by Crippen LogP contribution is -2.09. The molecule has 0 aromatic carbocycles. The van der Waals surface area contributed by atoms with Crippen molar-refractivity contribution >= 4 is 27.7 Å². The lowest BCUT2D eigenvalue weighted by molar-refractivity contribution is -0.141. The molecule has 0 aliphatic heterocycles. The Labute approximate surface area is 102 Å². The number of carbonyl (C=O) groups is 1. The Morgan fingerprint density at radius 3 is 3.06 bits per heavy atom.